The fourth-order valence-corrected chi connectivity index (χ4v) is 2.96. The molecule has 0 fully saturated rings. The van der Waals surface area contributed by atoms with E-state index in [0.29, 0.717) is 18.5 Å². The second-order valence-electron chi connectivity index (χ2n) is 5.67. The second-order valence-corrected chi connectivity index (χ2v) is 5.67. The van der Waals surface area contributed by atoms with E-state index in [9.17, 15) is 9.59 Å². The molecule has 24 heavy (non-hydrogen) atoms. The van der Waals surface area contributed by atoms with E-state index in [1.807, 2.05) is 24.3 Å². The Hall–Kier alpha value is -2.63. The molecule has 2 aromatic rings. The Morgan fingerprint density at radius 2 is 2.00 bits per heavy atom. The highest BCUT2D eigenvalue weighted by molar-refractivity contribution is 6.06. The molecule has 126 valence electrons. The topological polar surface area (TPSA) is 70.4 Å². The minimum Gasteiger partial charge on any atom is -0.497 e. The van der Waals surface area contributed by atoms with Crippen molar-refractivity contribution in [3.8, 4) is 5.75 Å². The summed E-state index contributed by atoms with van der Waals surface area (Å²) in [5.41, 5.74) is 2.43. The Balaban J connectivity index is 1.96. The molecule has 0 bridgehead atoms. The second kappa shape index (κ2) is 6.86. The lowest BCUT2D eigenvalue weighted by molar-refractivity contribution is 0.0515. The first kappa shape index (κ1) is 16.2. The van der Waals surface area contributed by atoms with Crippen LogP contribution in [0.4, 0.5) is 0 Å². The number of esters is 1. The number of hydrogen-bond acceptors (Lipinski definition) is 5. The minimum atomic E-state index is -0.530. The highest BCUT2D eigenvalue weighted by Gasteiger charge is 2.30. The number of rotatable bonds is 5. The predicted octanol–water partition coefficient (Wildman–Crippen LogP) is 2.64. The van der Waals surface area contributed by atoms with Gasteiger partial charge in [-0.25, -0.2) is 4.79 Å². The summed E-state index contributed by atoms with van der Waals surface area (Å²) < 4.78 is 12.0. The summed E-state index contributed by atoms with van der Waals surface area (Å²) in [6, 6.07) is 7.65. The van der Waals surface area contributed by atoms with Gasteiger partial charge in [-0.1, -0.05) is 12.1 Å². The molecule has 6 nitrogen and oxygen atoms in total. The average Bonchev–Trinajstić information content (AvgIpc) is 2.96. The van der Waals surface area contributed by atoms with Crippen molar-refractivity contribution in [1.82, 2.24) is 9.78 Å². The molecule has 1 heterocycles. The maximum Gasteiger partial charge on any atom is 0.359 e. The molecule has 0 unspecified atom stereocenters. The summed E-state index contributed by atoms with van der Waals surface area (Å²) in [5, 5.41) is 4.39. The molecule has 0 N–H and O–H groups in total. The third-order valence-electron chi connectivity index (χ3n) is 4.11. The normalized spacial score (nSPS) is 13.5. The molecule has 3 rings (SSSR count). The Bertz CT molecular complexity index is 762. The van der Waals surface area contributed by atoms with Crippen LogP contribution in [0.3, 0.4) is 0 Å². The first-order valence-corrected chi connectivity index (χ1v) is 8.07. The highest BCUT2D eigenvalue weighted by atomic mass is 16.5. The molecule has 0 atom stereocenters. The molecule has 1 aliphatic carbocycles. The van der Waals surface area contributed by atoms with E-state index in [0.717, 1.165) is 29.8 Å². The number of fused-ring (bicyclic) bond motifs is 1. The molecule has 1 aromatic carbocycles. The summed E-state index contributed by atoms with van der Waals surface area (Å²) in [7, 11) is 1.62. The quantitative estimate of drug-likeness (QED) is 0.789. The summed E-state index contributed by atoms with van der Waals surface area (Å²) in [4.78, 5) is 24.4. The van der Waals surface area contributed by atoms with Crippen molar-refractivity contribution >= 4 is 11.8 Å². The van der Waals surface area contributed by atoms with Gasteiger partial charge in [0.15, 0.2) is 11.5 Å². The molecular weight excluding hydrogens is 308 g/mol. The van der Waals surface area contributed by atoms with Crippen LogP contribution in [-0.4, -0.2) is 35.2 Å². The van der Waals surface area contributed by atoms with Crippen molar-refractivity contribution in [3.05, 3.63) is 46.8 Å². The molecule has 0 radical (unpaired) electrons. The fourth-order valence-electron chi connectivity index (χ4n) is 2.96. The predicted molar refractivity (Wildman–Crippen MR) is 87.5 cm³/mol. The zero-order valence-electron chi connectivity index (χ0n) is 13.9. The maximum atomic E-state index is 12.3. The van der Waals surface area contributed by atoms with Crippen LogP contribution in [0.5, 0.6) is 5.75 Å². The van der Waals surface area contributed by atoms with E-state index in [1.54, 1.807) is 18.7 Å². The van der Waals surface area contributed by atoms with E-state index in [1.165, 1.54) is 0 Å². The molecule has 1 aliphatic rings. The first-order chi connectivity index (χ1) is 11.6. The van der Waals surface area contributed by atoms with Crippen LogP contribution >= 0.6 is 0 Å². The van der Waals surface area contributed by atoms with Crippen molar-refractivity contribution in [3.63, 3.8) is 0 Å². The Labute approximate surface area is 140 Å². The maximum absolute atomic E-state index is 12.3. The SMILES string of the molecule is CCOC(=O)c1nn(Cc2ccc(OC)cc2)c2c1C(=O)CCC2. The standard InChI is InChI=1S/C18H20N2O4/c1-3-24-18(22)17-16-14(5-4-6-15(16)21)20(19-17)11-12-7-9-13(23-2)10-8-12/h7-10H,3-6,11H2,1-2H3. The zero-order chi connectivity index (χ0) is 17.1. The number of benzene rings is 1. The Kier molecular flexibility index (Phi) is 4.64. The van der Waals surface area contributed by atoms with Crippen LogP contribution in [-0.2, 0) is 17.7 Å². The molecular formula is C18H20N2O4. The number of carbonyl (C=O) groups is 2. The van der Waals surface area contributed by atoms with Gasteiger partial charge < -0.3 is 9.47 Å². The lowest BCUT2D eigenvalue weighted by Gasteiger charge is -2.13. The number of ether oxygens (including phenoxy) is 2. The number of carbonyl (C=O) groups excluding carboxylic acids is 2. The number of Topliss-reactive ketones (excluding diaryl/α,β-unsaturated/α-hetero) is 1. The van der Waals surface area contributed by atoms with Gasteiger partial charge in [0.2, 0.25) is 0 Å². The Morgan fingerprint density at radius 1 is 1.25 bits per heavy atom. The zero-order valence-corrected chi connectivity index (χ0v) is 13.9. The number of methoxy groups -OCH3 is 1. The largest absolute Gasteiger partial charge is 0.497 e. The summed E-state index contributed by atoms with van der Waals surface area (Å²) in [6.45, 7) is 2.49. The third kappa shape index (κ3) is 3.04. The number of ketones is 1. The summed E-state index contributed by atoms with van der Waals surface area (Å²) >= 11 is 0. The third-order valence-corrected chi connectivity index (χ3v) is 4.11. The van der Waals surface area contributed by atoms with Gasteiger partial charge in [0.05, 0.1) is 31.5 Å². The van der Waals surface area contributed by atoms with Crippen molar-refractivity contribution in [1.29, 1.82) is 0 Å². The van der Waals surface area contributed by atoms with Gasteiger partial charge in [0.25, 0.3) is 0 Å². The van der Waals surface area contributed by atoms with Gasteiger partial charge in [-0.05, 0) is 37.5 Å². The van der Waals surface area contributed by atoms with Gasteiger partial charge in [0, 0.05) is 6.42 Å². The van der Waals surface area contributed by atoms with Crippen LogP contribution < -0.4 is 4.74 Å². The molecule has 0 aliphatic heterocycles. The smallest absolute Gasteiger partial charge is 0.359 e. The van der Waals surface area contributed by atoms with Crippen LogP contribution in [0.1, 0.15) is 51.9 Å². The molecule has 6 heteroatoms. The van der Waals surface area contributed by atoms with E-state index in [-0.39, 0.29) is 18.1 Å². The summed E-state index contributed by atoms with van der Waals surface area (Å²) in [6.07, 6.45) is 1.97. The van der Waals surface area contributed by atoms with Crippen molar-refractivity contribution in [2.75, 3.05) is 13.7 Å². The number of nitrogens with zero attached hydrogens (tertiary/aromatic N) is 2. The average molecular weight is 328 g/mol. The monoisotopic (exact) mass is 328 g/mol. The lowest BCUT2D eigenvalue weighted by atomic mass is 9.94. The molecule has 0 saturated carbocycles. The van der Waals surface area contributed by atoms with Gasteiger partial charge in [-0.3, -0.25) is 9.48 Å². The van der Waals surface area contributed by atoms with Crippen LogP contribution in [0.2, 0.25) is 0 Å². The van der Waals surface area contributed by atoms with E-state index in [2.05, 4.69) is 5.10 Å². The number of aromatic nitrogens is 2. The van der Waals surface area contributed by atoms with E-state index in [4.69, 9.17) is 9.47 Å². The Morgan fingerprint density at radius 3 is 2.67 bits per heavy atom. The highest BCUT2D eigenvalue weighted by Crippen LogP contribution is 2.26. The first-order valence-electron chi connectivity index (χ1n) is 8.07. The van der Waals surface area contributed by atoms with Gasteiger partial charge in [0.1, 0.15) is 5.75 Å². The van der Waals surface area contributed by atoms with Crippen LogP contribution in [0.15, 0.2) is 24.3 Å². The van der Waals surface area contributed by atoms with Gasteiger partial charge in [-0.2, -0.15) is 5.10 Å². The molecule has 0 amide bonds. The van der Waals surface area contributed by atoms with E-state index >= 15 is 0 Å². The lowest BCUT2D eigenvalue weighted by Crippen LogP contribution is -2.16. The summed E-state index contributed by atoms with van der Waals surface area (Å²) in [5.74, 6) is 0.224. The van der Waals surface area contributed by atoms with Gasteiger partial charge >= 0.3 is 5.97 Å². The minimum absolute atomic E-state index is 0.0275. The van der Waals surface area contributed by atoms with Crippen molar-refractivity contribution in [2.45, 2.75) is 32.7 Å². The van der Waals surface area contributed by atoms with Crippen LogP contribution in [0, 0.1) is 0 Å². The molecule has 0 spiro atoms. The van der Waals surface area contributed by atoms with E-state index < -0.39 is 5.97 Å². The van der Waals surface area contributed by atoms with Crippen molar-refractivity contribution in [2.24, 2.45) is 0 Å². The van der Waals surface area contributed by atoms with Crippen molar-refractivity contribution < 1.29 is 19.1 Å². The van der Waals surface area contributed by atoms with Gasteiger partial charge in [-0.15, -0.1) is 0 Å². The fraction of sp³-hybridized carbons (Fsp3) is 0.389. The number of hydrogen-bond donors (Lipinski definition) is 0. The molecule has 1 aromatic heterocycles. The molecule has 0 saturated heterocycles. The van der Waals surface area contributed by atoms with Crippen LogP contribution in [0.25, 0.3) is 0 Å².